The summed E-state index contributed by atoms with van der Waals surface area (Å²) in [5.41, 5.74) is -5.82. The number of halogens is 16. The molecule has 0 spiro atoms. The van der Waals surface area contributed by atoms with Crippen molar-refractivity contribution in [1.82, 2.24) is 0 Å². The van der Waals surface area contributed by atoms with Crippen molar-refractivity contribution in [1.29, 1.82) is 0 Å². The summed E-state index contributed by atoms with van der Waals surface area (Å²) in [6.45, 7) is 34.8. The molecular weight excluding hydrogens is 1880 g/mol. The summed E-state index contributed by atoms with van der Waals surface area (Å²) < 4.78 is 350. The lowest BCUT2D eigenvalue weighted by Crippen LogP contribution is -2.50. The lowest BCUT2D eigenvalue weighted by Gasteiger charge is -2.45. The van der Waals surface area contributed by atoms with E-state index in [1.54, 1.807) is 41.5 Å². The highest BCUT2D eigenvalue weighted by Gasteiger charge is 2.70. The summed E-state index contributed by atoms with van der Waals surface area (Å²) in [5, 5.41) is 54.6. The molecule has 48 heteroatoms. The Morgan fingerprint density at radius 1 is 0.275 bits per heavy atom. The highest BCUT2D eigenvalue weighted by atomic mass is 32.2. The van der Waals surface area contributed by atoms with Gasteiger partial charge in [-0.05, 0) is 176 Å². The zero-order valence-electron chi connectivity index (χ0n) is 79.2. The molecular formula is C83H148F16O28S4-4. The Bertz CT molecular complexity index is 3630. The van der Waals surface area contributed by atoms with E-state index in [4.69, 9.17) is 25.5 Å². The number of esters is 4. The molecule has 0 heterocycles. The van der Waals surface area contributed by atoms with Gasteiger partial charge in [-0.2, -0.15) is 70.2 Å². The molecule has 0 aromatic carbocycles. The molecule has 4 rings (SSSR count). The van der Waals surface area contributed by atoms with Gasteiger partial charge in [-0.3, -0.25) is 19.2 Å². The first-order chi connectivity index (χ1) is 58.8. The number of hydrogen-bond donors (Lipinski definition) is 8. The van der Waals surface area contributed by atoms with E-state index in [1.165, 1.54) is 0 Å². The first kappa shape index (κ1) is 136. The van der Waals surface area contributed by atoms with Gasteiger partial charge in [0.25, 0.3) is 0 Å². The van der Waals surface area contributed by atoms with Gasteiger partial charge in [-0.15, -0.1) is 0 Å². The summed E-state index contributed by atoms with van der Waals surface area (Å²) in [7, 11) is -26.2. The quantitative estimate of drug-likeness (QED) is 0.0122. The molecule has 0 radical (unpaired) electrons. The fourth-order valence-electron chi connectivity index (χ4n) is 12.2. The van der Waals surface area contributed by atoms with Gasteiger partial charge in [0.1, 0.15) is 0 Å². The number of carbonyl (C=O) groups excluding carboxylic acids is 4. The van der Waals surface area contributed by atoms with Crippen molar-refractivity contribution in [2.45, 2.75) is 434 Å². The Morgan fingerprint density at radius 2 is 0.458 bits per heavy atom. The summed E-state index contributed by atoms with van der Waals surface area (Å²) >= 11 is 0. The molecule has 4 atom stereocenters. The van der Waals surface area contributed by atoms with E-state index in [0.29, 0.717) is 51.4 Å². The molecule has 131 heavy (non-hydrogen) atoms. The average molecular weight is 2030 g/mol. The fourth-order valence-corrected chi connectivity index (χ4v) is 14.1. The van der Waals surface area contributed by atoms with Crippen LogP contribution in [0.25, 0.3) is 0 Å². The van der Waals surface area contributed by atoms with E-state index in [1.807, 2.05) is 104 Å². The van der Waals surface area contributed by atoms with Crippen LogP contribution in [0, 0.1) is 41.4 Å². The molecule has 0 aromatic rings. The van der Waals surface area contributed by atoms with E-state index < -0.39 is 247 Å². The van der Waals surface area contributed by atoms with Crippen LogP contribution >= 0.6 is 0 Å². The number of hydrogen-bond acceptors (Lipinski definition) is 28. The van der Waals surface area contributed by atoms with Crippen LogP contribution in [0.2, 0.25) is 0 Å². The highest BCUT2D eigenvalue weighted by molar-refractivity contribution is 7.87. The van der Waals surface area contributed by atoms with Gasteiger partial charge in [-0.25, -0.2) is 33.7 Å². The van der Waals surface area contributed by atoms with Crippen molar-refractivity contribution in [3.05, 3.63) is 0 Å². The van der Waals surface area contributed by atoms with Crippen LogP contribution in [0.4, 0.5) is 70.2 Å². The Hall–Kier alpha value is -3.92. The van der Waals surface area contributed by atoms with Gasteiger partial charge < -0.3 is 78.0 Å². The molecule has 0 saturated heterocycles. The molecule has 28 nitrogen and oxygen atoms in total. The van der Waals surface area contributed by atoms with Gasteiger partial charge >= 0.3 is 68.6 Å². The van der Waals surface area contributed by atoms with Crippen LogP contribution in [0.5, 0.6) is 0 Å². The van der Waals surface area contributed by atoms with Crippen molar-refractivity contribution in [2.75, 3.05) is 26.4 Å². The SMILES string of the molecule is CCC(C)(O)CC.CCC(C)(O)CC.CCC(C)(O)CC.CCC(C)(O)CC.CCC(C)(O)CC.CCC(O)(CC)C1C(C(=O)OCCC(F)(F)C(F)(F)S(=O)(=O)[O-])C1C(O)(CC)CC.CCC(O)(CC)C1CCC1C(=O)OCCC(F)(F)C(F)(F)S(=O)(=O)[O-].O=C(OCCC(F)(F)C(F)(F)S(=O)(=O)[O-])C1CCCC1.O=C(OCCC(F)(F)C(F)(F)S(=O)(=O)[O-])C1CCCCC1. The van der Waals surface area contributed by atoms with Crippen molar-refractivity contribution >= 4 is 64.3 Å². The minimum absolute atomic E-state index is 0.254. The van der Waals surface area contributed by atoms with E-state index >= 15 is 0 Å². The minimum atomic E-state index is -6.62. The molecule has 4 saturated carbocycles. The second kappa shape index (κ2) is 55.8. The summed E-state index contributed by atoms with van der Waals surface area (Å²) in [4.78, 5) is 47.2. The molecule has 0 amide bonds. The number of rotatable bonds is 43. The number of ether oxygens (including phenoxy) is 4. The van der Waals surface area contributed by atoms with Crippen LogP contribution in [0.3, 0.4) is 0 Å². The maximum absolute atomic E-state index is 13.5. The highest BCUT2D eigenvalue weighted by Crippen LogP contribution is 2.62. The lowest BCUT2D eigenvalue weighted by atomic mass is 9.63. The monoisotopic (exact) mass is 2020 g/mol. The Kier molecular flexibility index (Phi) is 57.7. The molecule has 4 unspecified atom stereocenters. The molecule has 0 bridgehead atoms. The van der Waals surface area contributed by atoms with Crippen molar-refractivity contribution < 1.29 is 201 Å². The molecule has 0 aromatic heterocycles. The third-order valence-corrected chi connectivity index (χ3v) is 29.0. The largest absolute Gasteiger partial charge is 0.743 e. The van der Waals surface area contributed by atoms with Crippen LogP contribution in [0.15, 0.2) is 0 Å². The van der Waals surface area contributed by atoms with Crippen molar-refractivity contribution in [2.24, 2.45) is 41.4 Å². The van der Waals surface area contributed by atoms with Crippen LogP contribution in [-0.4, -0.2) is 233 Å². The summed E-state index contributed by atoms with van der Waals surface area (Å²) in [6, 6.07) is 0. The van der Waals surface area contributed by atoms with Crippen LogP contribution in [-0.2, 0) is 78.6 Å². The first-order valence-corrected chi connectivity index (χ1v) is 49.7. The zero-order chi connectivity index (χ0) is 105. The first-order valence-electron chi connectivity index (χ1n) is 44.1. The van der Waals surface area contributed by atoms with Crippen LogP contribution in [0.1, 0.15) is 344 Å². The molecule has 788 valence electrons. The molecule has 4 aliphatic rings. The second-order valence-corrected chi connectivity index (χ2v) is 40.2. The van der Waals surface area contributed by atoms with Gasteiger partial charge in [-0.1, -0.05) is 143 Å². The Morgan fingerprint density at radius 3 is 0.618 bits per heavy atom. The molecule has 4 aliphatic carbocycles. The molecule has 0 aliphatic heterocycles. The van der Waals surface area contributed by atoms with E-state index in [2.05, 4.69) is 18.9 Å². The lowest BCUT2D eigenvalue weighted by molar-refractivity contribution is -0.182. The average Bonchev–Trinajstić information content (AvgIpc) is 1.54. The fraction of sp³-hybridized carbons (Fsp3) is 0.952. The standard InChI is InChI=1S/C18H30F4O7S.C14H22F4O6S.C11H16F4O5S.C10H14F4O5S.5C6H14O/c1-5-15(24,6-2)12-11(13(12)16(25,7-3)8-4)14(23)29-10-9-17(19,20)18(21,22)30(26,27)28;1-3-12(20,4-2)10-6-5-9(10)11(19)24-8-7-13(15,16)14(17,18)25(21,22)23;12-10(13,11(14,15)21(17,18)19)6-7-20-9(16)8-4-2-1-3-5-8;11-9(12,10(13,14)20(16,17)18)5-6-19-8(15)7-3-1-2-4-7;5*1-4-6(3,7)5-2/h11-13,24-25H,5-10H2,1-4H3,(H,26,27,28);9-10,20H,3-8H2,1-2H3,(H,21,22,23);8H,1-7H2,(H,17,18,19);7H,1-6H2,(H,16,17,18);5*7H,4-5H2,1-3H3/p-4. The number of carbonyl (C=O) groups is 4. The predicted molar refractivity (Wildman–Crippen MR) is 449 cm³/mol. The summed E-state index contributed by atoms with van der Waals surface area (Å²) in [6.07, 6.45) is 10.3. The smallest absolute Gasteiger partial charge is 0.396 e. The van der Waals surface area contributed by atoms with Crippen LogP contribution < -0.4 is 0 Å². The molecule has 4 fully saturated rings. The third-order valence-electron chi connectivity index (χ3n) is 25.3. The number of aliphatic hydroxyl groups is 8. The Labute approximate surface area is 763 Å². The van der Waals surface area contributed by atoms with Crippen molar-refractivity contribution in [3.8, 4) is 0 Å². The summed E-state index contributed by atoms with van der Waals surface area (Å²) in [5.74, 6) is -28.6. The maximum atomic E-state index is 13.5. The maximum Gasteiger partial charge on any atom is 0.396 e. The van der Waals surface area contributed by atoms with E-state index in [0.717, 1.165) is 96.3 Å². The minimum Gasteiger partial charge on any atom is -0.743 e. The van der Waals surface area contributed by atoms with Gasteiger partial charge in [0.2, 0.25) is 0 Å². The topological polar surface area (TPSA) is 496 Å². The van der Waals surface area contributed by atoms with Crippen molar-refractivity contribution in [3.63, 3.8) is 0 Å². The molecule has 8 N–H and O–H groups in total. The van der Waals surface area contributed by atoms with Gasteiger partial charge in [0.15, 0.2) is 40.5 Å². The van der Waals surface area contributed by atoms with Gasteiger partial charge in [0.05, 0.1) is 121 Å². The zero-order valence-corrected chi connectivity index (χ0v) is 82.5. The van der Waals surface area contributed by atoms with Gasteiger partial charge in [0, 0.05) is 17.8 Å². The predicted octanol–water partition coefficient (Wildman–Crippen LogP) is 16.9. The normalized spacial score (nSPS) is 18.6. The number of alkyl halides is 16. The van der Waals surface area contributed by atoms with E-state index in [9.17, 15) is 157 Å². The van der Waals surface area contributed by atoms with E-state index in [-0.39, 0.29) is 25.7 Å². The third kappa shape index (κ3) is 43.2. The Balaban J connectivity index is -0.000000481. The second-order valence-electron chi connectivity index (χ2n) is 34.5.